The van der Waals surface area contributed by atoms with Crippen LogP contribution in [0.1, 0.15) is 5.56 Å². The number of fused-ring (bicyclic) bond motifs is 1. The van der Waals surface area contributed by atoms with Crippen molar-refractivity contribution < 1.29 is 9.53 Å². The number of aromatic nitrogens is 3. The second-order valence-corrected chi connectivity index (χ2v) is 5.95. The maximum Gasteiger partial charge on any atom is 0.316 e. The van der Waals surface area contributed by atoms with Crippen molar-refractivity contribution in [3.8, 4) is 0 Å². The minimum absolute atomic E-state index is 0.210. The van der Waals surface area contributed by atoms with Crippen molar-refractivity contribution in [2.75, 3.05) is 18.2 Å². The third-order valence-corrected chi connectivity index (χ3v) is 4.23. The second-order valence-electron chi connectivity index (χ2n) is 4.95. The van der Waals surface area contributed by atoms with E-state index in [0.717, 1.165) is 16.5 Å². The van der Waals surface area contributed by atoms with Crippen LogP contribution in [0.2, 0.25) is 0 Å². The highest BCUT2D eigenvalue weighted by molar-refractivity contribution is 7.99. The van der Waals surface area contributed by atoms with E-state index in [1.54, 1.807) is 18.6 Å². The summed E-state index contributed by atoms with van der Waals surface area (Å²) in [6, 6.07) is 10.0. The molecule has 24 heavy (non-hydrogen) atoms. The summed E-state index contributed by atoms with van der Waals surface area (Å²) in [6.07, 6.45) is 5.06. The molecule has 0 fully saturated rings. The van der Waals surface area contributed by atoms with E-state index in [4.69, 9.17) is 0 Å². The van der Waals surface area contributed by atoms with Crippen LogP contribution in [-0.4, -0.2) is 33.8 Å². The molecule has 0 aliphatic carbocycles. The Balaban J connectivity index is 1.69. The lowest BCUT2D eigenvalue weighted by Gasteiger charge is -2.08. The van der Waals surface area contributed by atoms with Crippen molar-refractivity contribution in [2.24, 2.45) is 0 Å². The van der Waals surface area contributed by atoms with Crippen molar-refractivity contribution in [2.45, 2.75) is 11.6 Å². The molecular formula is C17H16N4O2S. The van der Waals surface area contributed by atoms with Crippen molar-refractivity contribution in [3.63, 3.8) is 0 Å². The number of rotatable bonds is 6. The zero-order chi connectivity index (χ0) is 16.8. The first-order chi connectivity index (χ1) is 11.8. The summed E-state index contributed by atoms with van der Waals surface area (Å²) in [6.45, 7) is 0.591. The van der Waals surface area contributed by atoms with Gasteiger partial charge in [-0.15, -0.1) is 0 Å². The average molecular weight is 340 g/mol. The molecule has 122 valence electrons. The van der Waals surface area contributed by atoms with Gasteiger partial charge in [-0.1, -0.05) is 36.0 Å². The minimum atomic E-state index is -0.290. The van der Waals surface area contributed by atoms with Crippen molar-refractivity contribution >= 4 is 34.5 Å². The Morgan fingerprint density at radius 3 is 3.00 bits per heavy atom. The fourth-order valence-corrected chi connectivity index (χ4v) is 2.87. The Hall–Kier alpha value is -2.67. The van der Waals surface area contributed by atoms with E-state index in [-0.39, 0.29) is 11.7 Å². The molecule has 0 aliphatic rings. The number of pyridine rings is 1. The SMILES string of the molecule is COC(=O)CSc1cncc(NCc2cccc3cccnc23)n1. The second kappa shape index (κ2) is 7.74. The molecule has 0 spiro atoms. The lowest BCUT2D eigenvalue weighted by molar-refractivity contribution is -0.137. The standard InChI is InChI=1S/C17H16N4O2S/c1-23-16(22)11-24-15-10-18-9-14(21-15)20-8-13-5-2-4-12-6-3-7-19-17(12)13/h2-7,9-10H,8,11H2,1H3,(H,20,21). The number of ether oxygens (including phenoxy) is 1. The molecule has 0 unspecified atom stereocenters. The first-order valence-electron chi connectivity index (χ1n) is 7.34. The lowest BCUT2D eigenvalue weighted by atomic mass is 10.1. The van der Waals surface area contributed by atoms with Crippen LogP contribution in [0.4, 0.5) is 5.82 Å². The highest BCUT2D eigenvalue weighted by Gasteiger charge is 2.06. The number of nitrogens with zero attached hydrogens (tertiary/aromatic N) is 3. The summed E-state index contributed by atoms with van der Waals surface area (Å²) in [5.41, 5.74) is 2.05. The number of methoxy groups -OCH3 is 1. The normalized spacial score (nSPS) is 10.5. The molecule has 3 aromatic rings. The minimum Gasteiger partial charge on any atom is -0.468 e. The Bertz CT molecular complexity index is 851. The number of anilines is 1. The van der Waals surface area contributed by atoms with Gasteiger partial charge in [0.15, 0.2) is 0 Å². The first kappa shape index (κ1) is 16.2. The molecule has 0 saturated heterocycles. The van der Waals surface area contributed by atoms with Gasteiger partial charge < -0.3 is 10.1 Å². The predicted octanol–water partition coefficient (Wildman–Crippen LogP) is 2.90. The zero-order valence-corrected chi connectivity index (χ0v) is 13.9. The number of carbonyl (C=O) groups excluding carboxylic acids is 1. The quantitative estimate of drug-likeness (QED) is 0.546. The molecule has 1 N–H and O–H groups in total. The van der Waals surface area contributed by atoms with Crippen LogP contribution < -0.4 is 5.32 Å². The van der Waals surface area contributed by atoms with Gasteiger partial charge in [0.05, 0.1) is 30.8 Å². The fraction of sp³-hybridized carbons (Fsp3) is 0.176. The van der Waals surface area contributed by atoms with Gasteiger partial charge in [-0.25, -0.2) is 4.98 Å². The van der Waals surface area contributed by atoms with Gasteiger partial charge in [0.25, 0.3) is 0 Å². The molecule has 0 saturated carbocycles. The fourth-order valence-electron chi connectivity index (χ4n) is 2.19. The van der Waals surface area contributed by atoms with E-state index in [2.05, 4.69) is 25.0 Å². The summed E-state index contributed by atoms with van der Waals surface area (Å²) < 4.78 is 4.62. The summed E-state index contributed by atoms with van der Waals surface area (Å²) >= 11 is 1.29. The van der Waals surface area contributed by atoms with Crippen LogP contribution in [0.15, 0.2) is 53.9 Å². The summed E-state index contributed by atoms with van der Waals surface area (Å²) in [4.78, 5) is 24.2. The Labute approximate surface area is 143 Å². The molecule has 0 radical (unpaired) electrons. The molecule has 1 aromatic carbocycles. The van der Waals surface area contributed by atoms with E-state index in [1.807, 2.05) is 30.3 Å². The Kier molecular flexibility index (Phi) is 5.22. The Morgan fingerprint density at radius 2 is 2.12 bits per heavy atom. The highest BCUT2D eigenvalue weighted by Crippen LogP contribution is 2.19. The van der Waals surface area contributed by atoms with Crippen molar-refractivity contribution in [1.29, 1.82) is 0 Å². The number of esters is 1. The summed E-state index contributed by atoms with van der Waals surface area (Å²) in [7, 11) is 1.37. The number of hydrogen-bond donors (Lipinski definition) is 1. The van der Waals surface area contributed by atoms with Gasteiger partial charge in [0, 0.05) is 18.1 Å². The molecule has 0 amide bonds. The number of nitrogens with one attached hydrogen (secondary N) is 1. The van der Waals surface area contributed by atoms with Crippen LogP contribution in [-0.2, 0) is 16.1 Å². The largest absolute Gasteiger partial charge is 0.468 e. The van der Waals surface area contributed by atoms with Gasteiger partial charge >= 0.3 is 5.97 Å². The third-order valence-electron chi connectivity index (χ3n) is 3.35. The van der Waals surface area contributed by atoms with Gasteiger partial charge in [-0.2, -0.15) is 0 Å². The highest BCUT2D eigenvalue weighted by atomic mass is 32.2. The van der Waals surface area contributed by atoms with Crippen LogP contribution in [0.3, 0.4) is 0 Å². The van der Waals surface area contributed by atoms with E-state index in [9.17, 15) is 4.79 Å². The number of hydrogen-bond acceptors (Lipinski definition) is 7. The molecule has 0 aliphatic heterocycles. The van der Waals surface area contributed by atoms with Gasteiger partial charge in [0.1, 0.15) is 10.8 Å². The van der Waals surface area contributed by atoms with Crippen molar-refractivity contribution in [1.82, 2.24) is 15.0 Å². The smallest absolute Gasteiger partial charge is 0.316 e. The van der Waals surface area contributed by atoms with E-state index < -0.39 is 0 Å². The molecule has 3 rings (SSSR count). The number of carbonyl (C=O) groups is 1. The lowest BCUT2D eigenvalue weighted by Crippen LogP contribution is -2.05. The zero-order valence-electron chi connectivity index (χ0n) is 13.1. The van der Waals surface area contributed by atoms with Crippen LogP contribution in [0.25, 0.3) is 10.9 Å². The van der Waals surface area contributed by atoms with Gasteiger partial charge in [-0.3, -0.25) is 14.8 Å². The molecule has 7 heteroatoms. The summed E-state index contributed by atoms with van der Waals surface area (Å²) in [5, 5.41) is 5.02. The molecule has 0 atom stereocenters. The maximum absolute atomic E-state index is 11.2. The van der Waals surface area contributed by atoms with E-state index >= 15 is 0 Å². The molecular weight excluding hydrogens is 324 g/mol. The molecule has 2 aromatic heterocycles. The van der Waals surface area contributed by atoms with Crippen molar-refractivity contribution in [3.05, 3.63) is 54.5 Å². The number of benzene rings is 1. The van der Waals surface area contributed by atoms with Crippen LogP contribution in [0, 0.1) is 0 Å². The topological polar surface area (TPSA) is 77.0 Å². The van der Waals surface area contributed by atoms with E-state index in [0.29, 0.717) is 17.4 Å². The van der Waals surface area contributed by atoms with Crippen LogP contribution >= 0.6 is 11.8 Å². The molecule has 2 heterocycles. The first-order valence-corrected chi connectivity index (χ1v) is 8.33. The average Bonchev–Trinajstić information content (AvgIpc) is 2.64. The molecule has 6 nitrogen and oxygen atoms in total. The number of thioether (sulfide) groups is 1. The Morgan fingerprint density at radius 1 is 1.25 bits per heavy atom. The monoisotopic (exact) mass is 340 g/mol. The number of para-hydroxylation sites is 1. The molecule has 0 bridgehead atoms. The summed E-state index contributed by atoms with van der Waals surface area (Å²) in [5.74, 6) is 0.571. The third kappa shape index (κ3) is 3.99. The maximum atomic E-state index is 11.2. The van der Waals surface area contributed by atoms with Crippen LogP contribution in [0.5, 0.6) is 0 Å². The van der Waals surface area contributed by atoms with Gasteiger partial charge in [-0.05, 0) is 11.6 Å². The van der Waals surface area contributed by atoms with Gasteiger partial charge in [0.2, 0.25) is 0 Å². The van der Waals surface area contributed by atoms with E-state index in [1.165, 1.54) is 18.9 Å². The predicted molar refractivity (Wildman–Crippen MR) is 93.8 cm³/mol.